The lowest BCUT2D eigenvalue weighted by atomic mass is 10.0. The number of allylic oxidation sites excluding steroid dienone is 2. The number of hydrogen-bond donors (Lipinski definition) is 2. The van der Waals surface area contributed by atoms with Crippen molar-refractivity contribution >= 4 is 19.8 Å². The van der Waals surface area contributed by atoms with Gasteiger partial charge >= 0.3 is 19.8 Å². The van der Waals surface area contributed by atoms with Gasteiger partial charge in [0.1, 0.15) is 6.61 Å². The molecule has 0 bridgehead atoms. The molecule has 0 radical (unpaired) electrons. The number of carbonyl (C=O) groups excluding carboxylic acids is 2. The zero-order chi connectivity index (χ0) is 36.1. The molecular formula is C39H76NO8P. The number of ether oxygens (including phenoxy) is 2. The Balaban J connectivity index is 4.16. The number of hydrogen-bond acceptors (Lipinski definition) is 8. The lowest BCUT2D eigenvalue weighted by Gasteiger charge is -2.19. The third-order valence-electron chi connectivity index (χ3n) is 8.65. The van der Waals surface area contributed by atoms with Crippen LogP contribution in [0, 0.1) is 0 Å². The first kappa shape index (κ1) is 47.8. The Bertz CT molecular complexity index is 825. The maximum Gasteiger partial charge on any atom is 0.472 e. The minimum absolute atomic E-state index is 0.0550. The number of esters is 2. The summed E-state index contributed by atoms with van der Waals surface area (Å²) >= 11 is 0. The summed E-state index contributed by atoms with van der Waals surface area (Å²) in [4.78, 5) is 34.7. The first-order valence-corrected chi connectivity index (χ1v) is 21.7. The van der Waals surface area contributed by atoms with Crippen LogP contribution in [-0.4, -0.2) is 49.3 Å². The van der Waals surface area contributed by atoms with Crippen LogP contribution in [0.15, 0.2) is 12.2 Å². The van der Waals surface area contributed by atoms with E-state index in [2.05, 4.69) is 26.0 Å². The molecule has 10 heteroatoms. The SMILES string of the molecule is CCCCC/C=C/CCCCCCCC(=O)OC[C@H](COP(=O)(O)OCCN)OC(=O)CCCCCCCCCCCCCCCCCC. The zero-order valence-corrected chi connectivity index (χ0v) is 32.6. The molecule has 0 rings (SSSR count). The third-order valence-corrected chi connectivity index (χ3v) is 9.64. The first-order valence-electron chi connectivity index (χ1n) is 20.2. The smallest absolute Gasteiger partial charge is 0.462 e. The number of phosphoric acid groups is 1. The van der Waals surface area contributed by atoms with Crippen LogP contribution in [-0.2, 0) is 32.7 Å². The molecule has 0 aliphatic heterocycles. The van der Waals surface area contributed by atoms with Crippen molar-refractivity contribution in [1.82, 2.24) is 0 Å². The fourth-order valence-corrected chi connectivity index (χ4v) is 6.39. The Morgan fingerprint density at radius 2 is 1.00 bits per heavy atom. The van der Waals surface area contributed by atoms with E-state index in [1.165, 1.54) is 109 Å². The number of carbonyl (C=O) groups is 2. The molecule has 0 heterocycles. The van der Waals surface area contributed by atoms with Crippen LogP contribution >= 0.6 is 7.82 Å². The topological polar surface area (TPSA) is 134 Å². The largest absolute Gasteiger partial charge is 0.472 e. The van der Waals surface area contributed by atoms with Crippen LogP contribution in [0.4, 0.5) is 0 Å². The monoisotopic (exact) mass is 718 g/mol. The fourth-order valence-electron chi connectivity index (χ4n) is 5.63. The van der Waals surface area contributed by atoms with Crippen LogP contribution in [0.1, 0.15) is 194 Å². The molecule has 0 amide bonds. The van der Waals surface area contributed by atoms with Crippen molar-refractivity contribution in [1.29, 1.82) is 0 Å². The Labute approximate surface area is 300 Å². The predicted molar refractivity (Wildman–Crippen MR) is 201 cm³/mol. The number of rotatable bonds is 38. The van der Waals surface area contributed by atoms with Gasteiger partial charge in [-0.05, 0) is 38.5 Å². The standard InChI is InChI=1S/C39H76NO8P/c1-3-5-7-9-11-13-15-17-18-19-20-22-24-26-28-30-32-39(42)48-37(36-47-49(43,44)46-34-33-40)35-45-38(41)31-29-27-25-23-21-16-14-12-10-8-6-4-2/h12,14,37H,3-11,13,15-36,40H2,1-2H3,(H,43,44)/b14-12+/t37-/m1/s1. The van der Waals surface area contributed by atoms with Crippen molar-refractivity contribution in [2.24, 2.45) is 5.73 Å². The Hall–Kier alpha value is -1.25. The summed E-state index contributed by atoms with van der Waals surface area (Å²) in [6.45, 7) is 3.71. The van der Waals surface area contributed by atoms with Gasteiger partial charge in [-0.3, -0.25) is 18.6 Å². The first-order chi connectivity index (χ1) is 23.8. The lowest BCUT2D eigenvalue weighted by molar-refractivity contribution is -0.161. The average molecular weight is 718 g/mol. The summed E-state index contributed by atoms with van der Waals surface area (Å²) < 4.78 is 32.7. The summed E-state index contributed by atoms with van der Waals surface area (Å²) in [5, 5.41) is 0. The van der Waals surface area contributed by atoms with E-state index < -0.39 is 26.5 Å². The summed E-state index contributed by atoms with van der Waals surface area (Å²) in [5.74, 6) is -0.832. The van der Waals surface area contributed by atoms with E-state index in [0.717, 1.165) is 51.4 Å². The molecule has 0 saturated heterocycles. The fraction of sp³-hybridized carbons (Fsp3) is 0.897. The van der Waals surface area contributed by atoms with Gasteiger partial charge in [0.15, 0.2) is 6.10 Å². The summed E-state index contributed by atoms with van der Waals surface area (Å²) in [5.41, 5.74) is 5.33. The number of unbranched alkanes of at least 4 members (excludes halogenated alkanes) is 23. The molecule has 290 valence electrons. The van der Waals surface area contributed by atoms with E-state index in [4.69, 9.17) is 24.3 Å². The molecular weight excluding hydrogens is 641 g/mol. The van der Waals surface area contributed by atoms with Gasteiger partial charge < -0.3 is 20.1 Å². The van der Waals surface area contributed by atoms with E-state index in [1.54, 1.807) is 0 Å². The molecule has 0 fully saturated rings. The molecule has 0 saturated carbocycles. The van der Waals surface area contributed by atoms with Crippen LogP contribution in [0.2, 0.25) is 0 Å². The molecule has 0 aliphatic carbocycles. The van der Waals surface area contributed by atoms with Crippen LogP contribution < -0.4 is 5.73 Å². The van der Waals surface area contributed by atoms with Gasteiger partial charge in [0.25, 0.3) is 0 Å². The van der Waals surface area contributed by atoms with Crippen molar-refractivity contribution in [3.05, 3.63) is 12.2 Å². The van der Waals surface area contributed by atoms with Gasteiger partial charge in [-0.25, -0.2) is 4.57 Å². The second-order valence-corrected chi connectivity index (χ2v) is 15.0. The van der Waals surface area contributed by atoms with Crippen LogP contribution in [0.5, 0.6) is 0 Å². The predicted octanol–water partition coefficient (Wildman–Crippen LogP) is 11.1. The Kier molecular flexibility index (Phi) is 35.6. The Morgan fingerprint density at radius 3 is 1.49 bits per heavy atom. The molecule has 1 unspecified atom stereocenters. The highest BCUT2D eigenvalue weighted by Gasteiger charge is 2.26. The van der Waals surface area contributed by atoms with Crippen molar-refractivity contribution < 1.29 is 37.6 Å². The van der Waals surface area contributed by atoms with Gasteiger partial charge in [-0.15, -0.1) is 0 Å². The number of phosphoric ester groups is 1. The molecule has 0 aromatic carbocycles. The van der Waals surface area contributed by atoms with E-state index in [0.29, 0.717) is 6.42 Å². The molecule has 2 atom stereocenters. The molecule has 3 N–H and O–H groups in total. The summed E-state index contributed by atoms with van der Waals surface area (Å²) in [6.07, 6.45) is 35.2. The molecule has 9 nitrogen and oxygen atoms in total. The quantitative estimate of drug-likeness (QED) is 0.0277. The lowest BCUT2D eigenvalue weighted by Crippen LogP contribution is -2.29. The van der Waals surface area contributed by atoms with Gasteiger partial charge in [0.05, 0.1) is 13.2 Å². The molecule has 0 aromatic rings. The van der Waals surface area contributed by atoms with Gasteiger partial charge in [-0.2, -0.15) is 0 Å². The molecule has 0 spiro atoms. The van der Waals surface area contributed by atoms with E-state index in [9.17, 15) is 19.0 Å². The average Bonchev–Trinajstić information content (AvgIpc) is 3.08. The molecule has 49 heavy (non-hydrogen) atoms. The van der Waals surface area contributed by atoms with Gasteiger partial charge in [0, 0.05) is 19.4 Å². The second kappa shape index (κ2) is 36.5. The highest BCUT2D eigenvalue weighted by Crippen LogP contribution is 2.43. The maximum absolute atomic E-state index is 12.5. The van der Waals surface area contributed by atoms with Crippen LogP contribution in [0.25, 0.3) is 0 Å². The minimum atomic E-state index is -4.37. The van der Waals surface area contributed by atoms with E-state index in [1.807, 2.05) is 0 Å². The van der Waals surface area contributed by atoms with Gasteiger partial charge in [-0.1, -0.05) is 154 Å². The van der Waals surface area contributed by atoms with E-state index in [-0.39, 0.29) is 38.6 Å². The third kappa shape index (κ3) is 36.3. The van der Waals surface area contributed by atoms with Crippen molar-refractivity contribution in [3.63, 3.8) is 0 Å². The van der Waals surface area contributed by atoms with Crippen molar-refractivity contribution in [3.8, 4) is 0 Å². The summed E-state index contributed by atoms with van der Waals surface area (Å²) in [7, 11) is -4.37. The van der Waals surface area contributed by atoms with Crippen LogP contribution in [0.3, 0.4) is 0 Å². The van der Waals surface area contributed by atoms with Gasteiger partial charge in [0.2, 0.25) is 0 Å². The second-order valence-electron chi connectivity index (χ2n) is 13.5. The molecule has 0 aromatic heterocycles. The molecule has 0 aliphatic rings. The van der Waals surface area contributed by atoms with Crippen molar-refractivity contribution in [2.75, 3.05) is 26.4 Å². The summed E-state index contributed by atoms with van der Waals surface area (Å²) in [6, 6.07) is 0. The van der Waals surface area contributed by atoms with E-state index >= 15 is 0 Å². The highest BCUT2D eigenvalue weighted by atomic mass is 31.2. The highest BCUT2D eigenvalue weighted by molar-refractivity contribution is 7.47. The maximum atomic E-state index is 12.5. The number of nitrogens with two attached hydrogens (primary N) is 1. The minimum Gasteiger partial charge on any atom is -0.462 e. The zero-order valence-electron chi connectivity index (χ0n) is 31.7. The van der Waals surface area contributed by atoms with Crippen molar-refractivity contribution in [2.45, 2.75) is 200 Å². The Morgan fingerprint density at radius 1 is 0.592 bits per heavy atom. The normalized spacial score (nSPS) is 13.5.